The molecule has 0 N–H and O–H groups in total. The predicted octanol–water partition coefficient (Wildman–Crippen LogP) is 2.34. The van der Waals surface area contributed by atoms with Gasteiger partial charge in [-0.05, 0) is 24.5 Å². The molecule has 0 spiro atoms. The number of aromatic nitrogens is 2. The number of aryl methyl sites for hydroxylation is 1. The topological polar surface area (TPSA) is 47.4 Å². The van der Waals surface area contributed by atoms with Crippen LogP contribution in [0.4, 0.5) is 0 Å². The molecule has 1 aromatic carbocycles. The molecule has 1 aliphatic rings. The van der Waals surface area contributed by atoms with Crippen LogP contribution in [-0.4, -0.2) is 40.3 Å². The lowest BCUT2D eigenvalue weighted by atomic mass is 9.94. The predicted molar refractivity (Wildman–Crippen MR) is 87.9 cm³/mol. The molecule has 5 nitrogen and oxygen atoms in total. The van der Waals surface area contributed by atoms with E-state index in [1.54, 1.807) is 0 Å². The Labute approximate surface area is 136 Å². The normalized spacial score (nSPS) is 15.8. The minimum absolute atomic E-state index is 0.0837. The summed E-state index contributed by atoms with van der Waals surface area (Å²) in [7, 11) is 1.94. The Morgan fingerprint density at radius 3 is 2.61 bits per heavy atom. The van der Waals surface area contributed by atoms with Gasteiger partial charge in [0.1, 0.15) is 6.61 Å². The summed E-state index contributed by atoms with van der Waals surface area (Å²) in [6, 6.07) is 12.0. The van der Waals surface area contributed by atoms with Gasteiger partial charge in [0.05, 0.1) is 12.3 Å². The summed E-state index contributed by atoms with van der Waals surface area (Å²) in [5.74, 6) is 0.547. The molecule has 1 amide bonds. The first-order valence-corrected chi connectivity index (χ1v) is 8.11. The van der Waals surface area contributed by atoms with Crippen molar-refractivity contribution in [2.24, 2.45) is 7.05 Å². The van der Waals surface area contributed by atoms with Gasteiger partial charge >= 0.3 is 0 Å². The van der Waals surface area contributed by atoms with E-state index in [1.165, 1.54) is 0 Å². The van der Waals surface area contributed by atoms with Crippen molar-refractivity contribution in [1.29, 1.82) is 0 Å². The Bertz CT molecular complexity index is 631. The summed E-state index contributed by atoms with van der Waals surface area (Å²) in [6.45, 7) is 2.21. The molecule has 3 rings (SSSR count). The first-order valence-electron chi connectivity index (χ1n) is 8.11. The maximum absolute atomic E-state index is 12.2. The molecule has 0 aliphatic carbocycles. The van der Waals surface area contributed by atoms with Gasteiger partial charge in [0.2, 0.25) is 5.91 Å². The molecule has 23 heavy (non-hydrogen) atoms. The van der Waals surface area contributed by atoms with Crippen molar-refractivity contribution in [3.63, 3.8) is 0 Å². The number of carbonyl (C=O) groups is 1. The number of likely N-dealkylation sites (tertiary alicyclic amines) is 1. The van der Waals surface area contributed by atoms with Gasteiger partial charge in [0, 0.05) is 32.3 Å². The van der Waals surface area contributed by atoms with Gasteiger partial charge in [-0.3, -0.25) is 9.48 Å². The summed E-state index contributed by atoms with van der Waals surface area (Å²) < 4.78 is 7.38. The second kappa shape index (κ2) is 7.42. The minimum Gasteiger partial charge on any atom is -0.367 e. The van der Waals surface area contributed by atoms with E-state index in [1.807, 2.05) is 53.2 Å². The van der Waals surface area contributed by atoms with E-state index in [0.717, 1.165) is 37.2 Å². The molecule has 0 unspecified atom stereocenters. The Morgan fingerprint density at radius 2 is 1.96 bits per heavy atom. The Kier molecular flexibility index (Phi) is 5.08. The van der Waals surface area contributed by atoms with Crippen LogP contribution in [0.5, 0.6) is 0 Å². The summed E-state index contributed by atoms with van der Waals surface area (Å²) in [4.78, 5) is 14.1. The highest BCUT2D eigenvalue weighted by atomic mass is 16.5. The van der Waals surface area contributed by atoms with E-state index in [-0.39, 0.29) is 12.5 Å². The second-order valence-corrected chi connectivity index (χ2v) is 6.05. The van der Waals surface area contributed by atoms with E-state index in [0.29, 0.717) is 12.5 Å². The molecular weight excluding hydrogens is 290 g/mol. The number of hydrogen-bond acceptors (Lipinski definition) is 3. The molecule has 0 radical (unpaired) electrons. The zero-order chi connectivity index (χ0) is 16.1. The third kappa shape index (κ3) is 4.20. The molecule has 122 valence electrons. The van der Waals surface area contributed by atoms with Crippen molar-refractivity contribution < 1.29 is 9.53 Å². The lowest BCUT2D eigenvalue weighted by Gasteiger charge is -2.31. The standard InChI is InChI=1S/C18H23N3O2/c1-20-10-9-17(19-20)16-7-11-21(12-8-16)18(22)14-23-13-15-5-3-2-4-6-15/h2-6,9-10,16H,7-8,11-14H2,1H3. The number of hydrogen-bond donors (Lipinski definition) is 0. The maximum Gasteiger partial charge on any atom is 0.248 e. The molecule has 0 bridgehead atoms. The highest BCUT2D eigenvalue weighted by Crippen LogP contribution is 2.26. The van der Waals surface area contributed by atoms with Crippen LogP contribution in [0.25, 0.3) is 0 Å². The number of rotatable bonds is 5. The Hall–Kier alpha value is -2.14. The second-order valence-electron chi connectivity index (χ2n) is 6.05. The van der Waals surface area contributed by atoms with Crippen molar-refractivity contribution in [1.82, 2.24) is 14.7 Å². The number of amides is 1. The number of piperidine rings is 1. The van der Waals surface area contributed by atoms with Crippen LogP contribution in [0.15, 0.2) is 42.6 Å². The van der Waals surface area contributed by atoms with Crippen LogP contribution in [0.1, 0.15) is 30.0 Å². The van der Waals surface area contributed by atoms with Gasteiger partial charge in [0.25, 0.3) is 0 Å². The SMILES string of the molecule is Cn1ccc(C2CCN(C(=O)COCc3ccccc3)CC2)n1. The molecule has 1 aromatic heterocycles. The van der Waals surface area contributed by atoms with Crippen LogP contribution < -0.4 is 0 Å². The van der Waals surface area contributed by atoms with Crippen LogP contribution in [0, 0.1) is 0 Å². The number of benzene rings is 1. The van der Waals surface area contributed by atoms with Crippen molar-refractivity contribution >= 4 is 5.91 Å². The smallest absolute Gasteiger partial charge is 0.248 e. The van der Waals surface area contributed by atoms with Crippen molar-refractivity contribution in [2.45, 2.75) is 25.4 Å². The Balaban J connectivity index is 1.41. The van der Waals surface area contributed by atoms with Crippen LogP contribution >= 0.6 is 0 Å². The number of nitrogens with zero attached hydrogens (tertiary/aromatic N) is 3. The van der Waals surface area contributed by atoms with Crippen molar-refractivity contribution in [3.05, 3.63) is 53.9 Å². The van der Waals surface area contributed by atoms with Gasteiger partial charge in [-0.25, -0.2) is 0 Å². The fourth-order valence-electron chi connectivity index (χ4n) is 3.00. The first-order chi connectivity index (χ1) is 11.2. The summed E-state index contributed by atoms with van der Waals surface area (Å²) in [5.41, 5.74) is 2.23. The number of carbonyl (C=O) groups excluding carboxylic acids is 1. The van der Waals surface area contributed by atoms with E-state index < -0.39 is 0 Å². The Morgan fingerprint density at radius 1 is 1.22 bits per heavy atom. The largest absolute Gasteiger partial charge is 0.367 e. The quantitative estimate of drug-likeness (QED) is 0.851. The average molecular weight is 313 g/mol. The number of ether oxygens (including phenoxy) is 1. The van der Waals surface area contributed by atoms with Gasteiger partial charge in [-0.1, -0.05) is 30.3 Å². The van der Waals surface area contributed by atoms with Crippen LogP contribution in [0.3, 0.4) is 0 Å². The van der Waals surface area contributed by atoms with Crippen molar-refractivity contribution in [2.75, 3.05) is 19.7 Å². The van der Waals surface area contributed by atoms with Gasteiger partial charge in [-0.15, -0.1) is 0 Å². The van der Waals surface area contributed by atoms with Gasteiger partial charge in [0.15, 0.2) is 0 Å². The summed E-state index contributed by atoms with van der Waals surface area (Å²) in [6.07, 6.45) is 3.92. The monoisotopic (exact) mass is 313 g/mol. The molecule has 1 saturated heterocycles. The maximum atomic E-state index is 12.2. The van der Waals surface area contributed by atoms with Crippen LogP contribution in [-0.2, 0) is 23.2 Å². The highest BCUT2D eigenvalue weighted by Gasteiger charge is 2.24. The zero-order valence-electron chi connectivity index (χ0n) is 13.5. The molecule has 5 heteroatoms. The zero-order valence-corrected chi connectivity index (χ0v) is 13.5. The summed E-state index contributed by atoms with van der Waals surface area (Å²) in [5, 5.41) is 4.48. The first kappa shape index (κ1) is 15.7. The van der Waals surface area contributed by atoms with E-state index in [2.05, 4.69) is 11.2 Å². The van der Waals surface area contributed by atoms with E-state index in [9.17, 15) is 4.79 Å². The van der Waals surface area contributed by atoms with Gasteiger partial charge in [-0.2, -0.15) is 5.10 Å². The fourth-order valence-corrected chi connectivity index (χ4v) is 3.00. The van der Waals surface area contributed by atoms with Crippen LogP contribution in [0.2, 0.25) is 0 Å². The fraction of sp³-hybridized carbons (Fsp3) is 0.444. The molecule has 2 aromatic rings. The third-order valence-electron chi connectivity index (χ3n) is 4.34. The molecular formula is C18H23N3O2. The lowest BCUT2D eigenvalue weighted by molar-refractivity contribution is -0.137. The van der Waals surface area contributed by atoms with E-state index >= 15 is 0 Å². The highest BCUT2D eigenvalue weighted by molar-refractivity contribution is 5.77. The average Bonchev–Trinajstić information content (AvgIpc) is 3.02. The van der Waals surface area contributed by atoms with Crippen molar-refractivity contribution in [3.8, 4) is 0 Å². The molecule has 0 saturated carbocycles. The minimum atomic E-state index is 0.0837. The lowest BCUT2D eigenvalue weighted by Crippen LogP contribution is -2.40. The molecule has 2 heterocycles. The third-order valence-corrected chi connectivity index (χ3v) is 4.34. The molecule has 1 fully saturated rings. The summed E-state index contributed by atoms with van der Waals surface area (Å²) >= 11 is 0. The van der Waals surface area contributed by atoms with Gasteiger partial charge < -0.3 is 9.64 Å². The molecule has 1 aliphatic heterocycles. The van der Waals surface area contributed by atoms with E-state index in [4.69, 9.17) is 4.74 Å². The molecule has 0 atom stereocenters.